The van der Waals surface area contributed by atoms with Crippen LogP contribution in [0.3, 0.4) is 0 Å². The molecule has 0 saturated carbocycles. The zero-order chi connectivity index (χ0) is 22.0. The summed E-state index contributed by atoms with van der Waals surface area (Å²) in [4.78, 5) is 20.9. The fourth-order valence-electron chi connectivity index (χ4n) is 4.32. The minimum absolute atomic E-state index is 0.0436. The van der Waals surface area contributed by atoms with E-state index in [2.05, 4.69) is 22.1 Å². The summed E-state index contributed by atoms with van der Waals surface area (Å²) >= 11 is 0. The van der Waals surface area contributed by atoms with Crippen molar-refractivity contribution < 1.29 is 13.2 Å². The Labute approximate surface area is 183 Å². The lowest BCUT2D eigenvalue weighted by atomic mass is 9.82. The molecule has 0 radical (unpaired) electrons. The molecule has 1 atom stereocenters. The maximum absolute atomic E-state index is 13.2. The molecule has 1 aliphatic rings. The lowest BCUT2D eigenvalue weighted by Gasteiger charge is -2.22. The van der Waals surface area contributed by atoms with Gasteiger partial charge in [-0.3, -0.25) is 9.78 Å². The number of Topliss-reactive ketones (excluding diaryl/α,β-unsaturated/α-hetero) is 1. The first-order valence-corrected chi connectivity index (χ1v) is 12.5. The van der Waals surface area contributed by atoms with Crippen LogP contribution >= 0.6 is 0 Å². The number of carbonyl (C=O) groups excluding carboxylic acids is 1. The van der Waals surface area contributed by atoms with Gasteiger partial charge in [0.2, 0.25) is 0 Å². The van der Waals surface area contributed by atoms with Gasteiger partial charge in [0.1, 0.15) is 0 Å². The molecule has 0 aliphatic heterocycles. The van der Waals surface area contributed by atoms with Crippen LogP contribution in [0.4, 0.5) is 0 Å². The number of hydrogen-bond donors (Lipinski definition) is 1. The van der Waals surface area contributed by atoms with Gasteiger partial charge in [-0.05, 0) is 55.9 Å². The number of nitrogens with zero attached hydrogens (tertiary/aromatic N) is 1. The fourth-order valence-corrected chi connectivity index (χ4v) is 5.46. The highest BCUT2D eigenvalue weighted by Gasteiger charge is 2.32. The number of ketones is 1. The molecule has 0 fully saturated rings. The summed E-state index contributed by atoms with van der Waals surface area (Å²) in [5, 5.41) is -0.386. The minimum Gasteiger partial charge on any atom is -0.358 e. The smallest absolute Gasteiger partial charge is 0.165 e. The Morgan fingerprint density at radius 3 is 2.45 bits per heavy atom. The Balaban J connectivity index is 1.68. The van der Waals surface area contributed by atoms with Crippen LogP contribution < -0.4 is 0 Å². The van der Waals surface area contributed by atoms with Gasteiger partial charge in [-0.25, -0.2) is 8.42 Å². The molecule has 0 spiro atoms. The van der Waals surface area contributed by atoms with E-state index in [1.165, 1.54) is 0 Å². The molecule has 5 nitrogen and oxygen atoms in total. The number of aromatic nitrogens is 2. The van der Waals surface area contributed by atoms with Gasteiger partial charge in [0.25, 0.3) is 0 Å². The molecule has 0 bridgehead atoms. The van der Waals surface area contributed by atoms with Gasteiger partial charge < -0.3 is 4.98 Å². The quantitative estimate of drug-likeness (QED) is 0.586. The Hall–Kier alpha value is -2.73. The Morgan fingerprint density at radius 1 is 1.06 bits per heavy atom. The average Bonchev–Trinajstić information content (AvgIpc) is 3.12. The molecule has 1 N–H and O–H groups in total. The van der Waals surface area contributed by atoms with Crippen molar-refractivity contribution in [3.63, 3.8) is 0 Å². The summed E-state index contributed by atoms with van der Waals surface area (Å²) in [6, 6.07) is 14.0. The number of carbonyl (C=O) groups is 1. The van der Waals surface area contributed by atoms with Gasteiger partial charge in [-0.2, -0.15) is 0 Å². The van der Waals surface area contributed by atoms with Crippen LogP contribution in [0.25, 0.3) is 11.3 Å². The van der Waals surface area contributed by atoms with Crippen LogP contribution in [0, 0.1) is 5.92 Å². The highest BCUT2D eigenvalue weighted by molar-refractivity contribution is 7.91. The SMILES string of the molecule is CC(C)S(=O)(=O)CCC1CC(=O)c2c([nH]c(-c3ccncc3)c2Cc2ccccc2)C1. The second-order valence-electron chi connectivity index (χ2n) is 8.63. The maximum atomic E-state index is 13.2. The first-order valence-electron chi connectivity index (χ1n) is 10.8. The van der Waals surface area contributed by atoms with Gasteiger partial charge in [0.15, 0.2) is 15.6 Å². The number of nitrogens with one attached hydrogen (secondary N) is 1. The molecule has 162 valence electrons. The van der Waals surface area contributed by atoms with Crippen molar-refractivity contribution >= 4 is 15.6 Å². The molecule has 1 unspecified atom stereocenters. The highest BCUT2D eigenvalue weighted by atomic mass is 32.2. The topological polar surface area (TPSA) is 79.9 Å². The molecule has 2 aromatic heterocycles. The van der Waals surface area contributed by atoms with E-state index in [9.17, 15) is 13.2 Å². The number of fused-ring (bicyclic) bond motifs is 1. The number of rotatable bonds is 7. The molecule has 31 heavy (non-hydrogen) atoms. The van der Waals surface area contributed by atoms with Crippen LogP contribution in [-0.2, 0) is 22.7 Å². The van der Waals surface area contributed by atoms with Gasteiger partial charge in [0.05, 0.1) is 16.7 Å². The van der Waals surface area contributed by atoms with Crippen LogP contribution in [0.15, 0.2) is 54.9 Å². The average molecular weight is 437 g/mol. The molecule has 1 aliphatic carbocycles. The number of hydrogen-bond acceptors (Lipinski definition) is 4. The van der Waals surface area contributed by atoms with Crippen molar-refractivity contribution in [2.45, 2.75) is 44.8 Å². The summed E-state index contributed by atoms with van der Waals surface area (Å²) in [5.41, 5.74) is 5.85. The summed E-state index contributed by atoms with van der Waals surface area (Å²) in [5.74, 6) is 0.282. The van der Waals surface area contributed by atoms with Crippen LogP contribution in [0.1, 0.15) is 53.9 Å². The highest BCUT2D eigenvalue weighted by Crippen LogP contribution is 2.36. The fraction of sp³-hybridized carbons (Fsp3) is 0.360. The summed E-state index contributed by atoms with van der Waals surface area (Å²) in [6.45, 7) is 3.42. The van der Waals surface area contributed by atoms with Crippen LogP contribution in [0.2, 0.25) is 0 Å². The van der Waals surface area contributed by atoms with Crippen LogP contribution in [-0.4, -0.2) is 35.2 Å². The van der Waals surface area contributed by atoms with Crippen molar-refractivity contribution in [3.8, 4) is 11.3 Å². The van der Waals surface area contributed by atoms with E-state index in [4.69, 9.17) is 0 Å². The van der Waals surface area contributed by atoms with Crippen molar-refractivity contribution in [1.82, 2.24) is 9.97 Å². The van der Waals surface area contributed by atoms with Gasteiger partial charge in [-0.1, -0.05) is 30.3 Å². The standard InChI is InChI=1S/C25H28N2O3S/c1-17(2)31(29,30)13-10-19-15-22-24(23(28)16-19)21(14-18-6-4-3-5-7-18)25(27-22)20-8-11-26-12-9-20/h3-9,11-12,17,19,27H,10,13-16H2,1-2H3. The third-order valence-electron chi connectivity index (χ3n) is 6.15. The van der Waals surface area contributed by atoms with Gasteiger partial charge in [-0.15, -0.1) is 0 Å². The lowest BCUT2D eigenvalue weighted by Crippen LogP contribution is -2.25. The molecule has 1 aromatic carbocycles. The maximum Gasteiger partial charge on any atom is 0.165 e. The predicted molar refractivity (Wildman–Crippen MR) is 123 cm³/mol. The van der Waals surface area contributed by atoms with Crippen molar-refractivity contribution in [2.24, 2.45) is 5.92 Å². The molecular formula is C25H28N2O3S. The number of sulfone groups is 1. The normalized spacial score (nSPS) is 16.5. The summed E-state index contributed by atoms with van der Waals surface area (Å²) in [6.07, 6.45) is 5.79. The van der Waals surface area contributed by atoms with Crippen molar-refractivity contribution in [2.75, 3.05) is 5.75 Å². The number of benzene rings is 1. The Bertz CT molecular complexity index is 1170. The predicted octanol–water partition coefficient (Wildman–Crippen LogP) is 4.63. The number of aromatic amines is 1. The Kier molecular flexibility index (Phi) is 6.10. The molecule has 6 heteroatoms. The summed E-state index contributed by atoms with van der Waals surface area (Å²) < 4.78 is 24.5. The molecule has 3 aromatic rings. The first-order chi connectivity index (χ1) is 14.8. The minimum atomic E-state index is -3.11. The zero-order valence-electron chi connectivity index (χ0n) is 18.0. The summed E-state index contributed by atoms with van der Waals surface area (Å²) in [7, 11) is -3.11. The van der Waals surface area contributed by atoms with E-state index in [1.54, 1.807) is 26.2 Å². The van der Waals surface area contributed by atoms with E-state index in [0.29, 0.717) is 25.7 Å². The van der Waals surface area contributed by atoms with E-state index < -0.39 is 9.84 Å². The molecule has 2 heterocycles. The van der Waals surface area contributed by atoms with E-state index in [1.807, 2.05) is 30.3 Å². The first kappa shape index (κ1) is 21.5. The van der Waals surface area contributed by atoms with Crippen molar-refractivity contribution in [1.29, 1.82) is 0 Å². The monoisotopic (exact) mass is 436 g/mol. The largest absolute Gasteiger partial charge is 0.358 e. The van der Waals surface area contributed by atoms with E-state index in [0.717, 1.165) is 33.6 Å². The van der Waals surface area contributed by atoms with Gasteiger partial charge in [0, 0.05) is 42.1 Å². The second kappa shape index (κ2) is 8.79. The molecule has 0 amide bonds. The molecule has 4 rings (SSSR count). The lowest BCUT2D eigenvalue weighted by molar-refractivity contribution is 0.0946. The molecule has 0 saturated heterocycles. The van der Waals surface area contributed by atoms with Crippen molar-refractivity contribution in [3.05, 3.63) is 77.2 Å². The molecular weight excluding hydrogens is 408 g/mol. The van der Waals surface area contributed by atoms with Crippen LogP contribution in [0.5, 0.6) is 0 Å². The zero-order valence-corrected chi connectivity index (χ0v) is 18.8. The van der Waals surface area contributed by atoms with Gasteiger partial charge >= 0.3 is 0 Å². The third kappa shape index (κ3) is 4.64. The van der Waals surface area contributed by atoms with E-state index >= 15 is 0 Å². The van der Waals surface area contributed by atoms with E-state index in [-0.39, 0.29) is 22.7 Å². The number of H-pyrrole nitrogens is 1. The Morgan fingerprint density at radius 2 is 1.77 bits per heavy atom. The third-order valence-corrected chi connectivity index (χ3v) is 8.39. The second-order valence-corrected chi connectivity index (χ2v) is 11.3. The number of pyridine rings is 1.